The van der Waals surface area contributed by atoms with Gasteiger partial charge in [0, 0.05) is 50.7 Å². The Bertz CT molecular complexity index is 1070. The minimum absolute atomic E-state index is 0.112. The molecule has 2 amide bonds. The number of urea groups is 1. The summed E-state index contributed by atoms with van der Waals surface area (Å²) < 4.78 is 13.4. The number of nitrogens with zero attached hydrogens (tertiary/aromatic N) is 4. The fourth-order valence-electron chi connectivity index (χ4n) is 4.15. The lowest BCUT2D eigenvalue weighted by Crippen LogP contribution is -2.37. The van der Waals surface area contributed by atoms with E-state index >= 15 is 0 Å². The summed E-state index contributed by atoms with van der Waals surface area (Å²) in [4.78, 5) is 21.1. The summed E-state index contributed by atoms with van der Waals surface area (Å²) in [7, 11) is 1.79. The van der Waals surface area contributed by atoms with Gasteiger partial charge in [0.15, 0.2) is 0 Å². The van der Waals surface area contributed by atoms with Gasteiger partial charge in [0.2, 0.25) is 0 Å². The summed E-state index contributed by atoms with van der Waals surface area (Å²) >= 11 is 0. The number of piperidine rings is 1. The minimum Gasteiger partial charge on any atom is -0.357 e. The van der Waals surface area contributed by atoms with Gasteiger partial charge in [-0.1, -0.05) is 25.1 Å². The van der Waals surface area contributed by atoms with Crippen LogP contribution in [-0.4, -0.2) is 52.8 Å². The van der Waals surface area contributed by atoms with Gasteiger partial charge in [-0.15, -0.1) is 0 Å². The number of aromatic amines is 1. The molecule has 3 heterocycles. The highest BCUT2D eigenvalue weighted by Gasteiger charge is 2.17. The molecule has 3 aromatic rings. The normalized spacial score (nSPS) is 14.3. The Hall–Kier alpha value is -3.42. The fraction of sp³-hybridized carbons (Fsp3) is 0.423. The Labute approximate surface area is 200 Å². The predicted octanol–water partition coefficient (Wildman–Crippen LogP) is 4.62. The van der Waals surface area contributed by atoms with Crippen LogP contribution >= 0.6 is 0 Å². The molecular weight excluding hydrogens is 431 g/mol. The zero-order valence-electron chi connectivity index (χ0n) is 19.9. The SMILES string of the molecule is CC1CCN(c2ccc(CNC(=O)N(C)CCCc3cc(-c4cccc(F)c4)n[nH]3)cn2)CC1. The molecule has 2 aromatic heterocycles. The molecule has 1 aromatic carbocycles. The van der Waals surface area contributed by atoms with Gasteiger partial charge in [-0.05, 0) is 61.4 Å². The van der Waals surface area contributed by atoms with Crippen molar-refractivity contribution in [2.24, 2.45) is 5.92 Å². The van der Waals surface area contributed by atoms with Crippen molar-refractivity contribution in [1.29, 1.82) is 0 Å². The average Bonchev–Trinajstić information content (AvgIpc) is 3.32. The van der Waals surface area contributed by atoms with Crippen molar-refractivity contribution in [2.75, 3.05) is 31.6 Å². The summed E-state index contributed by atoms with van der Waals surface area (Å²) in [6.07, 6.45) is 5.81. The standard InChI is InChI=1S/C26H33FN6O/c1-19-10-13-33(14-11-19)25-9-8-20(17-28-25)18-29-26(34)32(2)12-4-7-23-16-24(31-30-23)21-5-3-6-22(27)15-21/h3,5-6,8-9,15-17,19H,4,7,10-14,18H2,1-2H3,(H,29,34)(H,30,31). The van der Waals surface area contributed by atoms with Gasteiger partial charge >= 0.3 is 6.03 Å². The number of carbonyl (C=O) groups excluding carboxylic acids is 1. The lowest BCUT2D eigenvalue weighted by molar-refractivity contribution is 0.208. The predicted molar refractivity (Wildman–Crippen MR) is 132 cm³/mol. The van der Waals surface area contributed by atoms with Crippen LogP contribution in [-0.2, 0) is 13.0 Å². The molecule has 7 nitrogen and oxygen atoms in total. The highest BCUT2D eigenvalue weighted by atomic mass is 19.1. The van der Waals surface area contributed by atoms with Crippen LogP contribution in [0.25, 0.3) is 11.3 Å². The lowest BCUT2D eigenvalue weighted by atomic mass is 9.99. The monoisotopic (exact) mass is 464 g/mol. The molecule has 4 rings (SSSR count). The van der Waals surface area contributed by atoms with Crippen molar-refractivity contribution in [3.8, 4) is 11.3 Å². The average molecular weight is 465 g/mol. The summed E-state index contributed by atoms with van der Waals surface area (Å²) in [6, 6.07) is 12.3. The van der Waals surface area contributed by atoms with E-state index in [0.29, 0.717) is 13.1 Å². The fourth-order valence-corrected chi connectivity index (χ4v) is 4.15. The number of amides is 2. The highest BCUT2D eigenvalue weighted by molar-refractivity contribution is 5.73. The molecule has 1 fully saturated rings. The van der Waals surface area contributed by atoms with E-state index in [1.165, 1.54) is 25.0 Å². The number of hydrogen-bond acceptors (Lipinski definition) is 4. The molecule has 180 valence electrons. The number of rotatable bonds is 8. The first kappa shape index (κ1) is 23.7. The van der Waals surface area contributed by atoms with E-state index < -0.39 is 0 Å². The van der Waals surface area contributed by atoms with E-state index in [-0.39, 0.29) is 11.8 Å². The lowest BCUT2D eigenvalue weighted by Gasteiger charge is -2.31. The van der Waals surface area contributed by atoms with Crippen LogP contribution in [0.3, 0.4) is 0 Å². The molecule has 1 saturated heterocycles. The maximum atomic E-state index is 13.4. The van der Waals surface area contributed by atoms with E-state index in [4.69, 9.17) is 0 Å². The van der Waals surface area contributed by atoms with Gasteiger partial charge in [-0.2, -0.15) is 5.10 Å². The molecule has 0 radical (unpaired) electrons. The van der Waals surface area contributed by atoms with Crippen LogP contribution in [0.5, 0.6) is 0 Å². The Morgan fingerprint density at radius 2 is 2.06 bits per heavy atom. The third-order valence-electron chi connectivity index (χ3n) is 6.40. The molecule has 8 heteroatoms. The van der Waals surface area contributed by atoms with Crippen LogP contribution in [0.15, 0.2) is 48.7 Å². The van der Waals surface area contributed by atoms with Gasteiger partial charge < -0.3 is 15.1 Å². The van der Waals surface area contributed by atoms with Crippen molar-refractivity contribution >= 4 is 11.8 Å². The van der Waals surface area contributed by atoms with Crippen molar-refractivity contribution in [3.05, 3.63) is 65.7 Å². The zero-order chi connectivity index (χ0) is 23.9. The van der Waals surface area contributed by atoms with E-state index in [1.54, 1.807) is 18.0 Å². The summed E-state index contributed by atoms with van der Waals surface area (Å²) in [5.74, 6) is 1.52. The third-order valence-corrected chi connectivity index (χ3v) is 6.40. The first-order valence-corrected chi connectivity index (χ1v) is 12.0. The van der Waals surface area contributed by atoms with Crippen LogP contribution in [0.1, 0.15) is 37.4 Å². The van der Waals surface area contributed by atoms with Crippen molar-refractivity contribution < 1.29 is 9.18 Å². The molecular formula is C26H33FN6O. The summed E-state index contributed by atoms with van der Waals surface area (Å²) in [6.45, 7) is 5.48. The molecule has 0 saturated carbocycles. The molecule has 0 aliphatic carbocycles. The summed E-state index contributed by atoms with van der Waals surface area (Å²) in [5.41, 5.74) is 3.41. The number of aryl methyl sites for hydroxylation is 1. The van der Waals surface area contributed by atoms with Gasteiger partial charge in [0.05, 0.1) is 5.69 Å². The molecule has 2 N–H and O–H groups in total. The number of pyridine rings is 1. The number of H-pyrrole nitrogens is 1. The number of nitrogens with one attached hydrogen (secondary N) is 2. The Morgan fingerprint density at radius 3 is 2.79 bits per heavy atom. The highest BCUT2D eigenvalue weighted by Crippen LogP contribution is 2.21. The minimum atomic E-state index is -0.280. The van der Waals surface area contributed by atoms with Gasteiger partial charge in [0.1, 0.15) is 11.6 Å². The first-order chi connectivity index (χ1) is 16.5. The topological polar surface area (TPSA) is 77.2 Å². The van der Waals surface area contributed by atoms with Gasteiger partial charge in [0.25, 0.3) is 0 Å². The molecule has 1 aliphatic rings. The third kappa shape index (κ3) is 6.34. The number of carbonyl (C=O) groups is 1. The van der Waals surface area contributed by atoms with Crippen molar-refractivity contribution in [1.82, 2.24) is 25.4 Å². The van der Waals surface area contributed by atoms with Crippen molar-refractivity contribution in [3.63, 3.8) is 0 Å². The van der Waals surface area contributed by atoms with E-state index in [2.05, 4.69) is 32.3 Å². The van der Waals surface area contributed by atoms with E-state index in [9.17, 15) is 9.18 Å². The first-order valence-electron chi connectivity index (χ1n) is 12.0. The Kier molecular flexibility index (Phi) is 7.77. The van der Waals surface area contributed by atoms with E-state index in [1.807, 2.05) is 30.5 Å². The maximum Gasteiger partial charge on any atom is 0.317 e. The zero-order valence-corrected chi connectivity index (χ0v) is 19.9. The Balaban J connectivity index is 1.18. The molecule has 0 unspecified atom stereocenters. The number of hydrogen-bond donors (Lipinski definition) is 2. The second kappa shape index (κ2) is 11.1. The Morgan fingerprint density at radius 1 is 1.24 bits per heavy atom. The number of halogens is 1. The molecule has 0 atom stereocenters. The smallest absolute Gasteiger partial charge is 0.317 e. The molecule has 34 heavy (non-hydrogen) atoms. The van der Waals surface area contributed by atoms with Crippen LogP contribution in [0.2, 0.25) is 0 Å². The van der Waals surface area contributed by atoms with Gasteiger partial charge in [-0.25, -0.2) is 14.2 Å². The van der Waals surface area contributed by atoms with Crippen LogP contribution < -0.4 is 10.2 Å². The largest absolute Gasteiger partial charge is 0.357 e. The van der Waals surface area contributed by atoms with Crippen LogP contribution in [0, 0.1) is 11.7 Å². The number of anilines is 1. The van der Waals surface area contributed by atoms with Crippen LogP contribution in [0.4, 0.5) is 15.0 Å². The quantitative estimate of drug-likeness (QED) is 0.510. The van der Waals surface area contributed by atoms with Crippen molar-refractivity contribution in [2.45, 2.75) is 39.2 Å². The molecule has 0 spiro atoms. The second-order valence-electron chi connectivity index (χ2n) is 9.17. The summed E-state index contributed by atoms with van der Waals surface area (Å²) in [5, 5.41) is 10.2. The van der Waals surface area contributed by atoms with Gasteiger partial charge in [-0.3, -0.25) is 5.10 Å². The number of benzene rings is 1. The second-order valence-corrected chi connectivity index (χ2v) is 9.17. The van der Waals surface area contributed by atoms with E-state index in [0.717, 1.165) is 60.2 Å². The molecule has 1 aliphatic heterocycles. The number of aromatic nitrogens is 3. The maximum absolute atomic E-state index is 13.4. The molecule has 0 bridgehead atoms.